The molecule has 1 atom stereocenters. The monoisotopic (exact) mass is 295 g/mol. The topological polar surface area (TPSA) is 26.0 Å². The first-order valence-corrected chi connectivity index (χ1v) is 7.27. The van der Waals surface area contributed by atoms with E-state index in [0.29, 0.717) is 5.39 Å². The molecule has 0 heterocycles. The summed E-state index contributed by atoms with van der Waals surface area (Å²) < 4.78 is 38.5. The first-order chi connectivity index (χ1) is 9.93. The van der Waals surface area contributed by atoms with Crippen LogP contribution in [0.4, 0.5) is 13.2 Å². The molecule has 0 fully saturated rings. The molecule has 0 amide bonds. The van der Waals surface area contributed by atoms with Crippen molar-refractivity contribution in [3.63, 3.8) is 0 Å². The molecule has 0 radical (unpaired) electrons. The van der Waals surface area contributed by atoms with Gasteiger partial charge in [-0.05, 0) is 34.7 Å². The minimum atomic E-state index is -4.42. The van der Waals surface area contributed by atoms with Crippen LogP contribution >= 0.6 is 0 Å². The molecular formula is C17H20F3N. The van der Waals surface area contributed by atoms with Crippen molar-refractivity contribution in [3.8, 4) is 0 Å². The van der Waals surface area contributed by atoms with Crippen molar-refractivity contribution in [2.24, 2.45) is 5.73 Å². The first kappa shape index (κ1) is 15.8. The second-order valence-corrected chi connectivity index (χ2v) is 5.38. The lowest BCUT2D eigenvalue weighted by atomic mass is 9.96. The number of unbranched alkanes of at least 4 members (excludes halogenated alkanes) is 2. The van der Waals surface area contributed by atoms with E-state index < -0.39 is 12.2 Å². The van der Waals surface area contributed by atoms with E-state index in [2.05, 4.69) is 6.92 Å². The van der Waals surface area contributed by atoms with Crippen LogP contribution in [-0.4, -0.2) is 6.18 Å². The predicted octanol–water partition coefficient (Wildman–Crippen LogP) is 5.13. The average molecular weight is 295 g/mol. The van der Waals surface area contributed by atoms with Gasteiger partial charge in [-0.2, -0.15) is 13.2 Å². The molecule has 114 valence electrons. The van der Waals surface area contributed by atoms with Gasteiger partial charge < -0.3 is 5.73 Å². The van der Waals surface area contributed by atoms with E-state index in [1.54, 1.807) is 12.1 Å². The molecule has 2 rings (SSSR count). The Kier molecular flexibility index (Phi) is 4.88. The summed E-state index contributed by atoms with van der Waals surface area (Å²) in [5.74, 6) is 0. The van der Waals surface area contributed by atoms with E-state index in [0.717, 1.165) is 36.6 Å². The minimum absolute atomic E-state index is 0.139. The minimum Gasteiger partial charge on any atom is -0.316 e. The van der Waals surface area contributed by atoms with Crippen LogP contribution in [0.15, 0.2) is 36.4 Å². The van der Waals surface area contributed by atoms with Crippen LogP contribution in [0.5, 0.6) is 0 Å². The van der Waals surface area contributed by atoms with Crippen LogP contribution in [0.25, 0.3) is 10.8 Å². The molecular weight excluding hydrogens is 275 g/mol. The van der Waals surface area contributed by atoms with Gasteiger partial charge in [-0.25, -0.2) is 0 Å². The number of hydrogen-bond acceptors (Lipinski definition) is 1. The number of rotatable bonds is 5. The zero-order chi connectivity index (χ0) is 15.5. The van der Waals surface area contributed by atoms with E-state index >= 15 is 0 Å². The van der Waals surface area contributed by atoms with Gasteiger partial charge in [-0.1, -0.05) is 56.2 Å². The Morgan fingerprint density at radius 2 is 1.86 bits per heavy atom. The van der Waals surface area contributed by atoms with Gasteiger partial charge in [0, 0.05) is 0 Å². The first-order valence-electron chi connectivity index (χ1n) is 7.27. The van der Waals surface area contributed by atoms with Gasteiger partial charge in [-0.3, -0.25) is 0 Å². The van der Waals surface area contributed by atoms with Crippen LogP contribution < -0.4 is 5.73 Å². The molecule has 0 saturated heterocycles. The molecule has 0 spiro atoms. The number of alkyl halides is 3. The van der Waals surface area contributed by atoms with E-state index in [4.69, 9.17) is 5.73 Å². The third-order valence-electron chi connectivity index (χ3n) is 3.74. The van der Waals surface area contributed by atoms with Crippen LogP contribution in [0.3, 0.4) is 0 Å². The van der Waals surface area contributed by atoms with Gasteiger partial charge in [0.2, 0.25) is 0 Å². The Bertz CT molecular complexity index is 604. The summed E-state index contributed by atoms with van der Waals surface area (Å²) in [5.41, 5.74) is 6.65. The smallest absolute Gasteiger partial charge is 0.316 e. The Labute approximate surface area is 123 Å². The second kappa shape index (κ2) is 6.48. The Hall–Kier alpha value is -1.55. The van der Waals surface area contributed by atoms with E-state index in [1.165, 1.54) is 6.07 Å². The van der Waals surface area contributed by atoms with E-state index in [-0.39, 0.29) is 5.56 Å². The molecule has 2 aromatic rings. The number of benzene rings is 2. The fourth-order valence-corrected chi connectivity index (χ4v) is 2.54. The molecule has 0 bridgehead atoms. The van der Waals surface area contributed by atoms with Gasteiger partial charge in [0.25, 0.3) is 0 Å². The average Bonchev–Trinajstić information content (AvgIpc) is 2.45. The summed E-state index contributed by atoms with van der Waals surface area (Å²) in [7, 11) is 0. The zero-order valence-electron chi connectivity index (χ0n) is 12.1. The maximum absolute atomic E-state index is 12.8. The number of aryl methyl sites for hydroxylation is 1. The highest BCUT2D eigenvalue weighted by Gasteiger charge is 2.38. The summed E-state index contributed by atoms with van der Waals surface area (Å²) in [5, 5.41) is 1.41. The maximum Gasteiger partial charge on any atom is 0.407 e. The van der Waals surface area contributed by atoms with Crippen LogP contribution in [0, 0.1) is 0 Å². The van der Waals surface area contributed by atoms with Gasteiger partial charge in [0.05, 0.1) is 0 Å². The van der Waals surface area contributed by atoms with Gasteiger partial charge >= 0.3 is 6.18 Å². The Morgan fingerprint density at radius 1 is 1.10 bits per heavy atom. The molecule has 2 aromatic carbocycles. The normalized spacial score (nSPS) is 13.6. The number of halogens is 3. The highest BCUT2D eigenvalue weighted by atomic mass is 19.4. The maximum atomic E-state index is 12.8. The number of nitrogens with two attached hydrogens (primary N) is 1. The molecule has 1 nitrogen and oxygen atoms in total. The third-order valence-corrected chi connectivity index (χ3v) is 3.74. The molecule has 0 aliphatic rings. The standard InChI is InChI=1S/C17H20F3N/c1-2-3-4-6-12-9-10-14-13(11-12)7-5-8-15(14)16(21)17(18,19)20/h5,7-11,16H,2-4,6,21H2,1H3/t16-/m0/s1. The molecule has 2 N–H and O–H groups in total. The van der Waals surface area contributed by atoms with Gasteiger partial charge in [-0.15, -0.1) is 0 Å². The lowest BCUT2D eigenvalue weighted by molar-refractivity contribution is -0.148. The quantitative estimate of drug-likeness (QED) is 0.760. The molecule has 0 saturated carbocycles. The predicted molar refractivity (Wildman–Crippen MR) is 80.2 cm³/mol. The largest absolute Gasteiger partial charge is 0.407 e. The summed E-state index contributed by atoms with van der Waals surface area (Å²) in [4.78, 5) is 0. The summed E-state index contributed by atoms with van der Waals surface area (Å²) >= 11 is 0. The van der Waals surface area contributed by atoms with Crippen molar-refractivity contribution < 1.29 is 13.2 Å². The number of fused-ring (bicyclic) bond motifs is 1. The fraction of sp³-hybridized carbons (Fsp3) is 0.412. The van der Waals surface area contributed by atoms with Crippen molar-refractivity contribution in [1.29, 1.82) is 0 Å². The molecule has 0 aliphatic carbocycles. The van der Waals surface area contributed by atoms with Gasteiger partial charge in [0.1, 0.15) is 6.04 Å². The van der Waals surface area contributed by atoms with Gasteiger partial charge in [0.15, 0.2) is 0 Å². The lowest BCUT2D eigenvalue weighted by Crippen LogP contribution is -2.28. The molecule has 0 unspecified atom stereocenters. The zero-order valence-corrected chi connectivity index (χ0v) is 12.1. The Morgan fingerprint density at radius 3 is 2.52 bits per heavy atom. The lowest BCUT2D eigenvalue weighted by Gasteiger charge is -2.18. The molecule has 0 aromatic heterocycles. The molecule has 0 aliphatic heterocycles. The fourth-order valence-electron chi connectivity index (χ4n) is 2.54. The van der Waals surface area contributed by atoms with Crippen molar-refractivity contribution in [2.45, 2.75) is 44.8 Å². The SMILES string of the molecule is CCCCCc1ccc2c([C@H](N)C(F)(F)F)cccc2c1. The van der Waals surface area contributed by atoms with Crippen LogP contribution in [0.2, 0.25) is 0 Å². The van der Waals surface area contributed by atoms with Crippen LogP contribution in [-0.2, 0) is 6.42 Å². The van der Waals surface area contributed by atoms with Crippen molar-refractivity contribution >= 4 is 10.8 Å². The van der Waals surface area contributed by atoms with Crippen LogP contribution in [0.1, 0.15) is 43.4 Å². The summed E-state index contributed by atoms with van der Waals surface area (Å²) in [6.07, 6.45) is -0.0492. The molecule has 21 heavy (non-hydrogen) atoms. The highest BCUT2D eigenvalue weighted by molar-refractivity contribution is 5.86. The van der Waals surface area contributed by atoms with Crippen molar-refractivity contribution in [2.75, 3.05) is 0 Å². The summed E-state index contributed by atoms with van der Waals surface area (Å²) in [6.45, 7) is 2.14. The Balaban J connectivity index is 2.34. The third kappa shape index (κ3) is 3.76. The van der Waals surface area contributed by atoms with Crippen molar-refractivity contribution in [3.05, 3.63) is 47.5 Å². The second-order valence-electron chi connectivity index (χ2n) is 5.38. The highest BCUT2D eigenvalue weighted by Crippen LogP contribution is 2.34. The van der Waals surface area contributed by atoms with E-state index in [1.807, 2.05) is 18.2 Å². The summed E-state index contributed by atoms with van der Waals surface area (Å²) in [6, 6.07) is 8.63. The van der Waals surface area contributed by atoms with Crippen molar-refractivity contribution in [1.82, 2.24) is 0 Å². The van der Waals surface area contributed by atoms with E-state index in [9.17, 15) is 13.2 Å². The molecule has 4 heteroatoms. The number of hydrogen-bond donors (Lipinski definition) is 1.